The van der Waals surface area contributed by atoms with Gasteiger partial charge < -0.3 is 9.63 Å². The summed E-state index contributed by atoms with van der Waals surface area (Å²) in [6, 6.07) is 5.43. The number of rotatable bonds is 3. The van der Waals surface area contributed by atoms with Crippen LogP contribution in [-0.4, -0.2) is 16.2 Å². The van der Waals surface area contributed by atoms with Crippen molar-refractivity contribution >= 4 is 16.9 Å². The Labute approximate surface area is 92.9 Å². The Morgan fingerprint density at radius 1 is 1.56 bits per heavy atom. The predicted molar refractivity (Wildman–Crippen MR) is 59.4 cm³/mol. The van der Waals surface area contributed by atoms with Gasteiger partial charge in [0.05, 0.1) is 5.92 Å². The summed E-state index contributed by atoms with van der Waals surface area (Å²) in [5, 5.41) is 13.8. The highest BCUT2D eigenvalue weighted by molar-refractivity contribution is 5.84. The van der Waals surface area contributed by atoms with Crippen molar-refractivity contribution in [3.05, 3.63) is 29.5 Å². The maximum atomic E-state index is 10.9. The van der Waals surface area contributed by atoms with Crippen molar-refractivity contribution in [2.24, 2.45) is 0 Å². The average molecular weight is 219 g/mol. The molecule has 1 aromatic carbocycles. The molecule has 0 aliphatic rings. The van der Waals surface area contributed by atoms with Crippen LogP contribution in [0.3, 0.4) is 0 Å². The number of hydrogen-bond acceptors (Lipinski definition) is 3. The summed E-state index contributed by atoms with van der Waals surface area (Å²) in [7, 11) is 0. The van der Waals surface area contributed by atoms with Crippen molar-refractivity contribution < 1.29 is 14.4 Å². The summed E-state index contributed by atoms with van der Waals surface area (Å²) >= 11 is 0. The van der Waals surface area contributed by atoms with E-state index >= 15 is 0 Å². The molecule has 2 rings (SSSR count). The summed E-state index contributed by atoms with van der Waals surface area (Å²) in [5.74, 6) is -0.535. The minimum absolute atomic E-state index is 0.510. The fourth-order valence-corrected chi connectivity index (χ4v) is 1.68. The molecular weight excluding hydrogens is 206 g/mol. The van der Waals surface area contributed by atoms with Crippen molar-refractivity contribution in [2.45, 2.75) is 26.2 Å². The highest BCUT2D eigenvalue weighted by Crippen LogP contribution is 2.24. The standard InChI is InChI=1S/C12H13NO3/c1-3-11-9-6-8(7(2)12(14)15)4-5-10(9)13-16-11/h4-7H,3H2,1-2H3,(H,14,15). The van der Waals surface area contributed by atoms with Crippen LogP contribution in [0, 0.1) is 0 Å². The number of carboxylic acid groups (broad SMARTS) is 1. The number of aromatic nitrogens is 1. The first-order chi connectivity index (χ1) is 7.63. The Kier molecular flexibility index (Phi) is 2.64. The molecule has 1 heterocycles. The molecule has 1 N–H and O–H groups in total. The van der Waals surface area contributed by atoms with Gasteiger partial charge in [-0.3, -0.25) is 4.79 Å². The first-order valence-electron chi connectivity index (χ1n) is 5.24. The fourth-order valence-electron chi connectivity index (χ4n) is 1.68. The highest BCUT2D eigenvalue weighted by atomic mass is 16.5. The van der Waals surface area contributed by atoms with Crippen molar-refractivity contribution in [3.8, 4) is 0 Å². The third-order valence-corrected chi connectivity index (χ3v) is 2.77. The molecule has 0 spiro atoms. The lowest BCUT2D eigenvalue weighted by Gasteiger charge is -2.05. The van der Waals surface area contributed by atoms with Crippen LogP contribution >= 0.6 is 0 Å². The number of aliphatic carboxylic acids is 1. The van der Waals surface area contributed by atoms with Crippen LogP contribution < -0.4 is 0 Å². The summed E-state index contributed by atoms with van der Waals surface area (Å²) in [5.41, 5.74) is 1.55. The largest absolute Gasteiger partial charge is 0.481 e. The predicted octanol–water partition coefficient (Wildman–Crippen LogP) is 2.58. The van der Waals surface area contributed by atoms with Gasteiger partial charge in [-0.25, -0.2) is 0 Å². The molecule has 2 aromatic rings. The van der Waals surface area contributed by atoms with E-state index in [0.29, 0.717) is 0 Å². The number of nitrogens with zero attached hydrogens (tertiary/aromatic N) is 1. The maximum absolute atomic E-state index is 10.9. The Balaban J connectivity index is 2.53. The van der Waals surface area contributed by atoms with Crippen LogP contribution in [0.25, 0.3) is 10.9 Å². The SMILES string of the molecule is CCc1onc2ccc(C(C)C(=O)O)cc12. The van der Waals surface area contributed by atoms with Crippen LogP contribution in [0.5, 0.6) is 0 Å². The quantitative estimate of drug-likeness (QED) is 0.861. The van der Waals surface area contributed by atoms with E-state index in [2.05, 4.69) is 5.16 Å². The molecule has 1 atom stereocenters. The summed E-state index contributed by atoms with van der Waals surface area (Å²) in [4.78, 5) is 10.9. The summed E-state index contributed by atoms with van der Waals surface area (Å²) in [6.45, 7) is 3.65. The molecule has 4 nitrogen and oxygen atoms in total. The second-order valence-corrected chi connectivity index (χ2v) is 3.80. The molecule has 4 heteroatoms. The number of fused-ring (bicyclic) bond motifs is 1. The minimum atomic E-state index is -0.825. The molecule has 0 aliphatic carbocycles. The molecule has 84 valence electrons. The van der Waals surface area contributed by atoms with E-state index in [1.807, 2.05) is 13.0 Å². The lowest BCUT2D eigenvalue weighted by Crippen LogP contribution is -2.07. The van der Waals surface area contributed by atoms with Crippen LogP contribution in [0.4, 0.5) is 0 Å². The van der Waals surface area contributed by atoms with Gasteiger partial charge in [0.2, 0.25) is 0 Å². The third-order valence-electron chi connectivity index (χ3n) is 2.77. The molecule has 0 bridgehead atoms. The van der Waals surface area contributed by atoms with Gasteiger partial charge >= 0.3 is 5.97 Å². The van der Waals surface area contributed by atoms with Gasteiger partial charge in [0.15, 0.2) is 0 Å². The number of carbonyl (C=O) groups is 1. The van der Waals surface area contributed by atoms with E-state index in [1.165, 1.54) is 0 Å². The smallest absolute Gasteiger partial charge is 0.310 e. The molecule has 0 aliphatic heterocycles. The van der Waals surface area contributed by atoms with Crippen molar-refractivity contribution in [3.63, 3.8) is 0 Å². The van der Waals surface area contributed by atoms with E-state index < -0.39 is 11.9 Å². The topological polar surface area (TPSA) is 63.3 Å². The van der Waals surface area contributed by atoms with Crippen LogP contribution in [-0.2, 0) is 11.2 Å². The van der Waals surface area contributed by atoms with Crippen molar-refractivity contribution in [2.75, 3.05) is 0 Å². The van der Waals surface area contributed by atoms with Gasteiger partial charge in [-0.1, -0.05) is 18.1 Å². The van der Waals surface area contributed by atoms with Crippen molar-refractivity contribution in [1.82, 2.24) is 5.16 Å². The molecule has 0 fully saturated rings. The molecule has 16 heavy (non-hydrogen) atoms. The number of benzene rings is 1. The zero-order valence-electron chi connectivity index (χ0n) is 9.23. The Hall–Kier alpha value is -1.84. The average Bonchev–Trinajstić information content (AvgIpc) is 2.69. The van der Waals surface area contributed by atoms with Crippen molar-refractivity contribution in [1.29, 1.82) is 0 Å². The van der Waals surface area contributed by atoms with Gasteiger partial charge in [-0.2, -0.15) is 0 Å². The van der Waals surface area contributed by atoms with Gasteiger partial charge in [-0.15, -0.1) is 0 Å². The highest BCUT2D eigenvalue weighted by Gasteiger charge is 2.15. The molecule has 0 saturated carbocycles. The number of aryl methyl sites for hydroxylation is 1. The minimum Gasteiger partial charge on any atom is -0.481 e. The van der Waals surface area contributed by atoms with Gasteiger partial charge in [0, 0.05) is 11.8 Å². The second-order valence-electron chi connectivity index (χ2n) is 3.80. The van der Waals surface area contributed by atoms with E-state index in [0.717, 1.165) is 28.6 Å². The summed E-state index contributed by atoms with van der Waals surface area (Å²) in [6.07, 6.45) is 0.751. The molecule has 1 aromatic heterocycles. The van der Waals surface area contributed by atoms with Gasteiger partial charge in [0.1, 0.15) is 11.3 Å². The lowest BCUT2D eigenvalue weighted by molar-refractivity contribution is -0.138. The zero-order valence-corrected chi connectivity index (χ0v) is 9.23. The normalized spacial score (nSPS) is 12.9. The first-order valence-corrected chi connectivity index (χ1v) is 5.24. The Morgan fingerprint density at radius 3 is 2.94 bits per heavy atom. The number of carboxylic acids is 1. The van der Waals surface area contributed by atoms with E-state index in [-0.39, 0.29) is 0 Å². The monoisotopic (exact) mass is 219 g/mol. The molecule has 0 saturated heterocycles. The fraction of sp³-hybridized carbons (Fsp3) is 0.333. The molecule has 1 unspecified atom stereocenters. The van der Waals surface area contributed by atoms with E-state index in [4.69, 9.17) is 9.63 Å². The van der Waals surface area contributed by atoms with Crippen LogP contribution in [0.15, 0.2) is 22.7 Å². The van der Waals surface area contributed by atoms with E-state index in [1.54, 1.807) is 19.1 Å². The molecular formula is C12H13NO3. The summed E-state index contributed by atoms with van der Waals surface area (Å²) < 4.78 is 5.16. The van der Waals surface area contributed by atoms with Gasteiger partial charge in [-0.05, 0) is 24.6 Å². The Bertz CT molecular complexity index is 530. The Morgan fingerprint density at radius 2 is 2.31 bits per heavy atom. The third kappa shape index (κ3) is 1.66. The second kappa shape index (κ2) is 3.96. The zero-order chi connectivity index (χ0) is 11.7. The van der Waals surface area contributed by atoms with Crippen LogP contribution in [0.2, 0.25) is 0 Å². The van der Waals surface area contributed by atoms with Crippen LogP contribution in [0.1, 0.15) is 31.1 Å². The molecule has 0 amide bonds. The van der Waals surface area contributed by atoms with E-state index in [9.17, 15) is 4.79 Å². The number of hydrogen-bond donors (Lipinski definition) is 1. The lowest BCUT2D eigenvalue weighted by atomic mass is 9.99. The maximum Gasteiger partial charge on any atom is 0.310 e. The first kappa shape index (κ1) is 10.7. The van der Waals surface area contributed by atoms with Gasteiger partial charge in [0.25, 0.3) is 0 Å². The molecule has 0 radical (unpaired) electrons.